The molecular weight excluding hydrogens is 470 g/mol. The Hall–Kier alpha value is -2.75. The topological polar surface area (TPSA) is 125 Å². The van der Waals surface area contributed by atoms with Crippen molar-refractivity contribution >= 4 is 35.6 Å². The Morgan fingerprint density at radius 2 is 1.71 bits per heavy atom. The first-order chi connectivity index (χ1) is 16.4. The van der Waals surface area contributed by atoms with E-state index in [1.54, 1.807) is 25.7 Å². The molecule has 3 N–H and O–H groups in total. The highest BCUT2D eigenvalue weighted by molar-refractivity contribution is 7.98. The monoisotopic (exact) mass is 507 g/mol. The van der Waals surface area contributed by atoms with E-state index in [0.717, 1.165) is 5.56 Å². The van der Waals surface area contributed by atoms with E-state index < -0.39 is 41.1 Å². The number of amides is 3. The number of carboxylic acids is 1. The van der Waals surface area contributed by atoms with Crippen LogP contribution in [0.25, 0.3) is 0 Å². The molecule has 2 rings (SSSR count). The highest BCUT2D eigenvalue weighted by atomic mass is 32.2. The van der Waals surface area contributed by atoms with Gasteiger partial charge in [0.15, 0.2) is 0 Å². The molecule has 10 heteroatoms. The van der Waals surface area contributed by atoms with Gasteiger partial charge in [0.05, 0.1) is 5.41 Å². The average molecular weight is 508 g/mol. The zero-order chi connectivity index (χ0) is 26.2. The summed E-state index contributed by atoms with van der Waals surface area (Å²) in [7, 11) is 0. The Balaban J connectivity index is 2.15. The predicted molar refractivity (Wildman–Crippen MR) is 135 cm³/mol. The van der Waals surface area contributed by atoms with E-state index in [4.69, 9.17) is 4.74 Å². The fourth-order valence-corrected chi connectivity index (χ4v) is 4.46. The number of thioether (sulfide) groups is 1. The van der Waals surface area contributed by atoms with Crippen LogP contribution in [0.2, 0.25) is 0 Å². The second kappa shape index (κ2) is 12.3. The van der Waals surface area contributed by atoms with Crippen LogP contribution in [0.5, 0.6) is 0 Å². The van der Waals surface area contributed by atoms with Crippen LogP contribution in [0.4, 0.5) is 4.79 Å². The standard InChI is InChI=1S/C25H37N3O6S/c1-17(20(29)27-19(21(30)31)11-16-35-5)26-22(32)25(18-9-7-6-8-10-18)12-14-28(15-13-25)23(33)34-24(2,3)4/h6-10,17,19H,11-16H2,1-5H3,(H,26,32)(H,27,29)(H,30,31)/t17-,19+/m0/s1. The molecule has 194 valence electrons. The second-order valence-corrected chi connectivity index (χ2v) is 10.8. The minimum absolute atomic E-state index is 0.289. The third kappa shape index (κ3) is 7.88. The summed E-state index contributed by atoms with van der Waals surface area (Å²) >= 11 is 1.49. The molecule has 3 amide bonds. The molecule has 1 aliphatic rings. The van der Waals surface area contributed by atoms with E-state index in [-0.39, 0.29) is 12.3 Å². The SMILES string of the molecule is CSCC[C@@H](NC(=O)[C@H](C)NC(=O)C1(c2ccccc2)CCN(C(=O)OC(C)(C)C)CC1)C(=O)O. The van der Waals surface area contributed by atoms with Gasteiger partial charge in [0.25, 0.3) is 0 Å². The van der Waals surface area contributed by atoms with E-state index in [9.17, 15) is 24.3 Å². The van der Waals surface area contributed by atoms with Crippen molar-refractivity contribution < 1.29 is 29.0 Å². The first-order valence-electron chi connectivity index (χ1n) is 11.8. The van der Waals surface area contributed by atoms with Crippen molar-refractivity contribution in [1.82, 2.24) is 15.5 Å². The first kappa shape index (κ1) is 28.5. The Kier molecular flexibility index (Phi) is 10.00. The molecule has 0 aliphatic carbocycles. The number of hydrogen-bond donors (Lipinski definition) is 3. The molecule has 9 nitrogen and oxygen atoms in total. The summed E-state index contributed by atoms with van der Waals surface area (Å²) in [5.41, 5.74) is -0.744. The van der Waals surface area contributed by atoms with Gasteiger partial charge >= 0.3 is 12.1 Å². The molecule has 1 aromatic carbocycles. The van der Waals surface area contributed by atoms with E-state index in [1.165, 1.54) is 18.7 Å². The summed E-state index contributed by atoms with van der Waals surface area (Å²) in [4.78, 5) is 51.9. The maximum absolute atomic E-state index is 13.6. The molecule has 1 saturated heterocycles. The fourth-order valence-electron chi connectivity index (χ4n) is 3.99. The quantitative estimate of drug-likeness (QED) is 0.469. The lowest BCUT2D eigenvalue weighted by Gasteiger charge is -2.41. The van der Waals surface area contributed by atoms with Crippen LogP contribution in [0.3, 0.4) is 0 Å². The van der Waals surface area contributed by atoms with Crippen LogP contribution in [0.15, 0.2) is 30.3 Å². The molecule has 0 aromatic heterocycles. The van der Waals surface area contributed by atoms with Gasteiger partial charge in [0.2, 0.25) is 11.8 Å². The van der Waals surface area contributed by atoms with Crippen molar-refractivity contribution in [2.75, 3.05) is 25.1 Å². The van der Waals surface area contributed by atoms with Gasteiger partial charge in [0.1, 0.15) is 17.7 Å². The smallest absolute Gasteiger partial charge is 0.410 e. The van der Waals surface area contributed by atoms with Gasteiger partial charge in [-0.05, 0) is 64.5 Å². The van der Waals surface area contributed by atoms with Crippen LogP contribution in [-0.4, -0.2) is 76.7 Å². The number of nitrogens with one attached hydrogen (secondary N) is 2. The summed E-state index contributed by atoms with van der Waals surface area (Å²) < 4.78 is 5.48. The highest BCUT2D eigenvalue weighted by Crippen LogP contribution is 2.36. The number of carbonyl (C=O) groups is 4. The van der Waals surface area contributed by atoms with Gasteiger partial charge in [-0.3, -0.25) is 9.59 Å². The minimum atomic E-state index is -1.11. The summed E-state index contributed by atoms with van der Waals surface area (Å²) in [5, 5.41) is 14.7. The van der Waals surface area contributed by atoms with E-state index in [2.05, 4.69) is 10.6 Å². The Morgan fingerprint density at radius 3 is 2.23 bits per heavy atom. The molecule has 0 unspecified atom stereocenters. The lowest BCUT2D eigenvalue weighted by atomic mass is 9.72. The van der Waals surface area contributed by atoms with E-state index >= 15 is 0 Å². The maximum atomic E-state index is 13.6. The van der Waals surface area contributed by atoms with Crippen molar-refractivity contribution in [3.05, 3.63) is 35.9 Å². The van der Waals surface area contributed by atoms with E-state index in [1.807, 2.05) is 36.6 Å². The molecule has 0 bridgehead atoms. The first-order valence-corrected chi connectivity index (χ1v) is 13.2. The van der Waals surface area contributed by atoms with Gasteiger partial charge < -0.3 is 25.4 Å². The third-order valence-electron chi connectivity index (χ3n) is 6.00. The summed E-state index contributed by atoms with van der Waals surface area (Å²) in [6.07, 6.45) is 2.46. The number of likely N-dealkylation sites (tertiary alicyclic amines) is 1. The van der Waals surface area contributed by atoms with Crippen molar-refractivity contribution in [2.24, 2.45) is 0 Å². The lowest BCUT2D eigenvalue weighted by molar-refractivity contribution is -0.142. The molecule has 1 aliphatic heterocycles. The molecule has 0 spiro atoms. The number of aliphatic carboxylic acids is 1. The molecule has 1 fully saturated rings. The van der Waals surface area contributed by atoms with Gasteiger partial charge in [-0.15, -0.1) is 0 Å². The third-order valence-corrected chi connectivity index (χ3v) is 6.64. The largest absolute Gasteiger partial charge is 0.480 e. The highest BCUT2D eigenvalue weighted by Gasteiger charge is 2.45. The summed E-state index contributed by atoms with van der Waals surface area (Å²) in [6.45, 7) is 7.60. The molecule has 35 heavy (non-hydrogen) atoms. The van der Waals surface area contributed by atoms with Crippen LogP contribution < -0.4 is 10.6 Å². The van der Waals surface area contributed by atoms with Crippen molar-refractivity contribution in [1.29, 1.82) is 0 Å². The van der Waals surface area contributed by atoms with Crippen LogP contribution in [0, 0.1) is 0 Å². The van der Waals surface area contributed by atoms with Crippen molar-refractivity contribution in [2.45, 2.75) is 70.1 Å². The zero-order valence-corrected chi connectivity index (χ0v) is 21.9. The summed E-state index contributed by atoms with van der Waals surface area (Å²) in [6, 6.07) is 7.36. The van der Waals surface area contributed by atoms with Crippen LogP contribution in [0.1, 0.15) is 52.5 Å². The molecule has 2 atom stereocenters. The number of piperidine rings is 1. The second-order valence-electron chi connectivity index (χ2n) is 9.79. The van der Waals surface area contributed by atoms with Crippen LogP contribution >= 0.6 is 11.8 Å². The number of ether oxygens (including phenoxy) is 1. The number of benzene rings is 1. The van der Waals surface area contributed by atoms with Gasteiger partial charge in [-0.2, -0.15) is 11.8 Å². The number of carboxylic acid groups (broad SMARTS) is 1. The Labute approximate surface area is 211 Å². The molecule has 1 heterocycles. The number of hydrogen-bond acceptors (Lipinski definition) is 6. The average Bonchev–Trinajstić information content (AvgIpc) is 2.80. The maximum Gasteiger partial charge on any atom is 0.410 e. The van der Waals surface area contributed by atoms with Crippen molar-refractivity contribution in [3.8, 4) is 0 Å². The zero-order valence-electron chi connectivity index (χ0n) is 21.1. The Bertz CT molecular complexity index is 894. The fraction of sp³-hybridized carbons (Fsp3) is 0.600. The number of nitrogens with zero attached hydrogens (tertiary/aromatic N) is 1. The van der Waals surface area contributed by atoms with Crippen molar-refractivity contribution in [3.63, 3.8) is 0 Å². The van der Waals surface area contributed by atoms with Gasteiger partial charge in [-0.25, -0.2) is 9.59 Å². The minimum Gasteiger partial charge on any atom is -0.480 e. The van der Waals surface area contributed by atoms with E-state index in [0.29, 0.717) is 31.7 Å². The normalized spacial score (nSPS) is 17.1. The summed E-state index contributed by atoms with van der Waals surface area (Å²) in [5.74, 6) is -1.41. The van der Waals surface area contributed by atoms with Crippen LogP contribution in [-0.2, 0) is 24.5 Å². The van der Waals surface area contributed by atoms with Gasteiger partial charge in [0, 0.05) is 13.1 Å². The molecule has 0 radical (unpaired) electrons. The molecular formula is C25H37N3O6S. The lowest BCUT2D eigenvalue weighted by Crippen LogP contribution is -2.57. The molecule has 1 aromatic rings. The molecule has 0 saturated carbocycles. The van der Waals surface area contributed by atoms with Gasteiger partial charge in [-0.1, -0.05) is 30.3 Å². The number of carbonyl (C=O) groups excluding carboxylic acids is 3. The number of rotatable bonds is 9. The Morgan fingerprint density at radius 1 is 1.11 bits per heavy atom. The predicted octanol–water partition coefficient (Wildman–Crippen LogP) is 2.78.